The maximum atomic E-state index is 5.73. The van der Waals surface area contributed by atoms with Crippen LogP contribution in [0.5, 0.6) is 5.75 Å². The Kier molecular flexibility index (Phi) is 4.74. The number of hydrogen-bond donors (Lipinski definition) is 0. The quantitative estimate of drug-likeness (QED) is 0.753. The summed E-state index contributed by atoms with van der Waals surface area (Å²) in [6.45, 7) is 4.34. The zero-order valence-electron chi connectivity index (χ0n) is 14.2. The third-order valence-electron chi connectivity index (χ3n) is 4.69. The number of methoxy groups -OCH3 is 2. The topological polar surface area (TPSA) is 18.5 Å². The first-order chi connectivity index (χ1) is 11.7. The van der Waals surface area contributed by atoms with Gasteiger partial charge in [0.2, 0.25) is 0 Å². The first-order valence-corrected chi connectivity index (χ1v) is 8.13. The van der Waals surface area contributed by atoms with E-state index in [-0.39, 0.29) is 11.5 Å². The Balaban J connectivity index is 1.81. The summed E-state index contributed by atoms with van der Waals surface area (Å²) in [5.74, 6) is 7.36. The molecule has 1 saturated carbocycles. The van der Waals surface area contributed by atoms with Crippen LogP contribution >= 0.6 is 0 Å². The predicted molar refractivity (Wildman–Crippen MR) is 97.8 cm³/mol. The van der Waals surface area contributed by atoms with Crippen LogP contribution in [0.2, 0.25) is 0 Å². The van der Waals surface area contributed by atoms with Gasteiger partial charge in [-0.3, -0.25) is 0 Å². The van der Waals surface area contributed by atoms with Crippen LogP contribution in [0.4, 0.5) is 0 Å². The number of benzene rings is 2. The minimum atomic E-state index is -0.146. The van der Waals surface area contributed by atoms with Crippen molar-refractivity contribution in [3.05, 3.63) is 72.3 Å². The average molecular weight is 318 g/mol. The Morgan fingerprint density at radius 3 is 2.25 bits per heavy atom. The second kappa shape index (κ2) is 6.95. The van der Waals surface area contributed by atoms with E-state index in [0.29, 0.717) is 0 Å². The van der Waals surface area contributed by atoms with Gasteiger partial charge in [0.05, 0.1) is 7.11 Å². The summed E-state index contributed by atoms with van der Waals surface area (Å²) in [6.07, 6.45) is 1.99. The number of hydrogen-bond acceptors (Lipinski definition) is 2. The Labute approximate surface area is 144 Å². The second-order valence-corrected chi connectivity index (χ2v) is 6.11. The van der Waals surface area contributed by atoms with Crippen LogP contribution in [-0.4, -0.2) is 20.3 Å². The van der Waals surface area contributed by atoms with Crippen molar-refractivity contribution >= 4 is 5.57 Å². The summed E-state index contributed by atoms with van der Waals surface area (Å²) in [5.41, 5.74) is 3.19. The largest absolute Gasteiger partial charge is 0.497 e. The van der Waals surface area contributed by atoms with E-state index < -0.39 is 0 Å². The normalized spacial score (nSPS) is 15.8. The molecule has 1 atom stereocenters. The molecule has 2 nitrogen and oxygen atoms in total. The first-order valence-electron chi connectivity index (χ1n) is 8.13. The highest BCUT2D eigenvalue weighted by atomic mass is 16.5. The molecule has 3 rings (SSSR count). The molecule has 0 amide bonds. The maximum Gasteiger partial charge on any atom is 0.127 e. The molecule has 1 aliphatic rings. The highest BCUT2D eigenvalue weighted by molar-refractivity contribution is 5.72. The van der Waals surface area contributed by atoms with Gasteiger partial charge in [0, 0.05) is 18.1 Å². The van der Waals surface area contributed by atoms with Crippen LogP contribution in [-0.2, 0) is 4.74 Å². The summed E-state index contributed by atoms with van der Waals surface area (Å²) in [6, 6.07) is 18.1. The highest BCUT2D eigenvalue weighted by Crippen LogP contribution is 2.58. The fourth-order valence-corrected chi connectivity index (χ4v) is 3.03. The van der Waals surface area contributed by atoms with Gasteiger partial charge in [-0.25, -0.2) is 0 Å². The molecular formula is C22H22O2. The van der Waals surface area contributed by atoms with Gasteiger partial charge in [-0.1, -0.05) is 48.8 Å². The summed E-state index contributed by atoms with van der Waals surface area (Å²) >= 11 is 0. The van der Waals surface area contributed by atoms with Gasteiger partial charge in [-0.2, -0.15) is 0 Å². The molecule has 2 heteroatoms. The van der Waals surface area contributed by atoms with Crippen LogP contribution in [0.1, 0.15) is 24.0 Å². The van der Waals surface area contributed by atoms with Crippen molar-refractivity contribution < 1.29 is 9.47 Å². The molecule has 0 aromatic heterocycles. The lowest BCUT2D eigenvalue weighted by molar-refractivity contribution is 0.109. The molecule has 24 heavy (non-hydrogen) atoms. The molecule has 0 radical (unpaired) electrons. The van der Waals surface area contributed by atoms with E-state index >= 15 is 0 Å². The summed E-state index contributed by atoms with van der Waals surface area (Å²) < 4.78 is 10.9. The van der Waals surface area contributed by atoms with E-state index in [2.05, 4.69) is 30.6 Å². The Bertz CT molecular complexity index is 759. The van der Waals surface area contributed by atoms with Crippen LogP contribution in [0.3, 0.4) is 0 Å². The maximum absolute atomic E-state index is 5.73. The van der Waals surface area contributed by atoms with Crippen molar-refractivity contribution in [3.8, 4) is 17.6 Å². The van der Waals surface area contributed by atoms with Gasteiger partial charge in [0.15, 0.2) is 0 Å². The molecule has 2 aromatic rings. The SMILES string of the molecule is C=C(c1ccccc1)C1(C(C#Cc2ccc(OC)cc2)OC)CC1. The van der Waals surface area contributed by atoms with Crippen molar-refractivity contribution in [1.29, 1.82) is 0 Å². The molecule has 1 fully saturated rings. The zero-order valence-corrected chi connectivity index (χ0v) is 14.2. The van der Waals surface area contributed by atoms with Crippen molar-refractivity contribution in [2.75, 3.05) is 14.2 Å². The zero-order chi connectivity index (χ0) is 17.0. The lowest BCUT2D eigenvalue weighted by Gasteiger charge is -2.24. The van der Waals surface area contributed by atoms with Gasteiger partial charge >= 0.3 is 0 Å². The Morgan fingerprint density at radius 1 is 1.04 bits per heavy atom. The summed E-state index contributed by atoms with van der Waals surface area (Å²) in [7, 11) is 3.39. The second-order valence-electron chi connectivity index (χ2n) is 6.11. The molecule has 0 saturated heterocycles. The lowest BCUT2D eigenvalue weighted by atomic mass is 9.86. The molecule has 1 unspecified atom stereocenters. The van der Waals surface area contributed by atoms with Crippen LogP contribution in [0, 0.1) is 17.3 Å². The standard InChI is InChI=1S/C22H22O2/c1-17(19-7-5-4-6-8-19)22(15-16-22)21(24-3)14-11-18-9-12-20(23-2)13-10-18/h4-10,12-13,21H,1,15-16H2,2-3H3. The predicted octanol–water partition coefficient (Wildman–Crippen LogP) is 4.56. The van der Waals surface area contributed by atoms with Gasteiger partial charge < -0.3 is 9.47 Å². The van der Waals surface area contributed by atoms with E-state index in [1.54, 1.807) is 14.2 Å². The van der Waals surface area contributed by atoms with Gasteiger partial charge in [-0.15, -0.1) is 0 Å². The van der Waals surface area contributed by atoms with Crippen LogP contribution in [0.25, 0.3) is 5.57 Å². The molecule has 0 aliphatic heterocycles. The Morgan fingerprint density at radius 2 is 1.71 bits per heavy atom. The van der Waals surface area contributed by atoms with E-state index in [9.17, 15) is 0 Å². The molecule has 0 spiro atoms. The molecule has 0 N–H and O–H groups in total. The van der Waals surface area contributed by atoms with E-state index in [4.69, 9.17) is 9.47 Å². The lowest BCUT2D eigenvalue weighted by Crippen LogP contribution is -2.24. The molecule has 1 aliphatic carbocycles. The van der Waals surface area contributed by atoms with E-state index in [1.807, 2.05) is 42.5 Å². The Hall–Kier alpha value is -2.50. The number of rotatable bonds is 5. The minimum absolute atomic E-state index is 0.0599. The van der Waals surface area contributed by atoms with E-state index in [0.717, 1.165) is 29.7 Å². The van der Waals surface area contributed by atoms with Crippen molar-refractivity contribution in [2.45, 2.75) is 18.9 Å². The third-order valence-corrected chi connectivity index (χ3v) is 4.69. The first kappa shape index (κ1) is 16.4. The smallest absolute Gasteiger partial charge is 0.127 e. The fraction of sp³-hybridized carbons (Fsp3) is 0.273. The minimum Gasteiger partial charge on any atom is -0.497 e. The fourth-order valence-electron chi connectivity index (χ4n) is 3.03. The summed E-state index contributed by atoms with van der Waals surface area (Å²) in [4.78, 5) is 0. The molecule has 0 bridgehead atoms. The van der Waals surface area contributed by atoms with Gasteiger partial charge in [0.25, 0.3) is 0 Å². The highest BCUT2D eigenvalue weighted by Gasteiger charge is 2.51. The van der Waals surface area contributed by atoms with Gasteiger partial charge in [0.1, 0.15) is 11.9 Å². The monoisotopic (exact) mass is 318 g/mol. The van der Waals surface area contributed by atoms with Crippen LogP contribution in [0.15, 0.2) is 61.2 Å². The number of ether oxygens (including phenoxy) is 2. The summed E-state index contributed by atoms with van der Waals surface area (Å²) in [5, 5.41) is 0. The van der Waals surface area contributed by atoms with Crippen LogP contribution < -0.4 is 4.74 Å². The van der Waals surface area contributed by atoms with E-state index in [1.165, 1.54) is 5.56 Å². The average Bonchev–Trinajstić information content (AvgIpc) is 3.44. The van der Waals surface area contributed by atoms with Crippen molar-refractivity contribution in [1.82, 2.24) is 0 Å². The molecule has 2 aromatic carbocycles. The molecule has 122 valence electrons. The molecular weight excluding hydrogens is 296 g/mol. The van der Waals surface area contributed by atoms with Crippen molar-refractivity contribution in [3.63, 3.8) is 0 Å². The third kappa shape index (κ3) is 3.22. The van der Waals surface area contributed by atoms with Crippen molar-refractivity contribution in [2.24, 2.45) is 5.41 Å². The molecule has 0 heterocycles. The van der Waals surface area contributed by atoms with Gasteiger partial charge in [-0.05, 0) is 48.2 Å².